The van der Waals surface area contributed by atoms with Crippen LogP contribution in [-0.2, 0) is 11.3 Å². The molecule has 2 nitrogen and oxygen atoms in total. The van der Waals surface area contributed by atoms with Crippen LogP contribution in [-0.4, -0.2) is 13.2 Å². The zero-order chi connectivity index (χ0) is 11.8. The van der Waals surface area contributed by atoms with Crippen LogP contribution in [0.2, 0.25) is 0 Å². The molecule has 0 radical (unpaired) electrons. The average molecular weight is 221 g/mol. The summed E-state index contributed by atoms with van der Waals surface area (Å²) >= 11 is 0. The zero-order valence-corrected chi connectivity index (χ0v) is 10.4. The lowest BCUT2D eigenvalue weighted by Crippen LogP contribution is -2.04. The van der Waals surface area contributed by atoms with Crippen LogP contribution >= 0.6 is 0 Å². The van der Waals surface area contributed by atoms with E-state index in [4.69, 9.17) is 10.5 Å². The molecule has 0 saturated carbocycles. The van der Waals surface area contributed by atoms with E-state index in [9.17, 15) is 0 Å². The maximum atomic E-state index is 5.51. The Hall–Kier alpha value is -0.860. The van der Waals surface area contributed by atoms with E-state index in [0.29, 0.717) is 19.1 Å². The molecule has 0 aliphatic carbocycles. The molecule has 0 spiro atoms. The fourth-order valence-electron chi connectivity index (χ4n) is 1.55. The molecule has 1 atom stereocenters. The fourth-order valence-corrected chi connectivity index (χ4v) is 1.55. The molecule has 0 bridgehead atoms. The Bertz CT molecular complexity index is 281. The number of benzene rings is 1. The Morgan fingerprint density at radius 3 is 2.50 bits per heavy atom. The van der Waals surface area contributed by atoms with E-state index in [1.165, 1.54) is 17.5 Å². The van der Waals surface area contributed by atoms with Gasteiger partial charge in [-0.25, -0.2) is 0 Å². The van der Waals surface area contributed by atoms with Gasteiger partial charge in [0.25, 0.3) is 0 Å². The molecule has 0 fully saturated rings. The van der Waals surface area contributed by atoms with E-state index in [-0.39, 0.29) is 0 Å². The summed E-state index contributed by atoms with van der Waals surface area (Å²) in [6.07, 6.45) is 2.12. The first kappa shape index (κ1) is 13.2. The van der Waals surface area contributed by atoms with Crippen molar-refractivity contribution >= 4 is 0 Å². The van der Waals surface area contributed by atoms with E-state index in [1.807, 2.05) is 0 Å². The summed E-state index contributed by atoms with van der Waals surface area (Å²) in [5, 5.41) is 0. The summed E-state index contributed by atoms with van der Waals surface area (Å²) in [6.45, 7) is 6.62. The molecule has 1 aromatic carbocycles. The third kappa shape index (κ3) is 4.33. The Kier molecular flexibility index (Phi) is 6.12. The SMILES string of the molecule is CCC(C)c1ccc(COCCCN)cc1. The van der Waals surface area contributed by atoms with Gasteiger partial charge >= 0.3 is 0 Å². The molecule has 0 aliphatic heterocycles. The van der Waals surface area contributed by atoms with Crippen LogP contribution in [0.3, 0.4) is 0 Å². The molecule has 0 aliphatic rings. The third-order valence-corrected chi connectivity index (χ3v) is 2.92. The highest BCUT2D eigenvalue weighted by Gasteiger charge is 2.02. The highest BCUT2D eigenvalue weighted by Crippen LogP contribution is 2.18. The molecule has 90 valence electrons. The first-order valence-electron chi connectivity index (χ1n) is 6.14. The van der Waals surface area contributed by atoms with Crippen LogP contribution in [0.1, 0.15) is 43.7 Å². The number of hydrogen-bond donors (Lipinski definition) is 1. The van der Waals surface area contributed by atoms with Gasteiger partial charge in [0.1, 0.15) is 0 Å². The number of rotatable bonds is 7. The van der Waals surface area contributed by atoms with E-state index in [2.05, 4.69) is 38.1 Å². The lowest BCUT2D eigenvalue weighted by atomic mass is 9.98. The molecular formula is C14H23NO. The normalized spacial score (nSPS) is 12.7. The Morgan fingerprint density at radius 1 is 1.25 bits per heavy atom. The van der Waals surface area contributed by atoms with Gasteiger partial charge < -0.3 is 10.5 Å². The van der Waals surface area contributed by atoms with Crippen molar-refractivity contribution in [2.24, 2.45) is 5.73 Å². The zero-order valence-electron chi connectivity index (χ0n) is 10.4. The molecule has 1 aromatic rings. The van der Waals surface area contributed by atoms with Gasteiger partial charge in [0, 0.05) is 6.61 Å². The van der Waals surface area contributed by atoms with Crippen LogP contribution in [0, 0.1) is 0 Å². The van der Waals surface area contributed by atoms with Crippen LogP contribution in [0.25, 0.3) is 0 Å². The predicted octanol–water partition coefficient (Wildman–Crippen LogP) is 3.07. The predicted molar refractivity (Wildman–Crippen MR) is 68.5 cm³/mol. The highest BCUT2D eigenvalue weighted by atomic mass is 16.5. The topological polar surface area (TPSA) is 35.2 Å². The molecular weight excluding hydrogens is 198 g/mol. The van der Waals surface area contributed by atoms with Gasteiger partial charge in [0.2, 0.25) is 0 Å². The largest absolute Gasteiger partial charge is 0.377 e. The van der Waals surface area contributed by atoms with Crippen molar-refractivity contribution in [2.75, 3.05) is 13.2 Å². The van der Waals surface area contributed by atoms with Gasteiger partial charge in [-0.1, -0.05) is 38.1 Å². The molecule has 0 saturated heterocycles. The van der Waals surface area contributed by atoms with E-state index in [1.54, 1.807) is 0 Å². The quantitative estimate of drug-likeness (QED) is 0.718. The van der Waals surface area contributed by atoms with E-state index in [0.717, 1.165) is 13.0 Å². The second-order valence-corrected chi connectivity index (χ2v) is 4.25. The van der Waals surface area contributed by atoms with Crippen LogP contribution in [0.5, 0.6) is 0 Å². The van der Waals surface area contributed by atoms with Crippen molar-refractivity contribution < 1.29 is 4.74 Å². The maximum Gasteiger partial charge on any atom is 0.0716 e. The van der Waals surface area contributed by atoms with Gasteiger partial charge in [-0.05, 0) is 36.4 Å². The van der Waals surface area contributed by atoms with Gasteiger partial charge in [-0.2, -0.15) is 0 Å². The monoisotopic (exact) mass is 221 g/mol. The van der Waals surface area contributed by atoms with Crippen LogP contribution in [0.15, 0.2) is 24.3 Å². The standard InChI is InChI=1S/C14H23NO/c1-3-12(2)14-7-5-13(6-8-14)11-16-10-4-9-15/h5-8,12H,3-4,9-11,15H2,1-2H3. The summed E-state index contributed by atoms with van der Waals surface area (Å²) in [5.74, 6) is 0.646. The lowest BCUT2D eigenvalue weighted by Gasteiger charge is -2.10. The molecule has 2 N–H and O–H groups in total. The van der Waals surface area contributed by atoms with E-state index >= 15 is 0 Å². The van der Waals surface area contributed by atoms with Crippen molar-refractivity contribution in [3.8, 4) is 0 Å². The smallest absolute Gasteiger partial charge is 0.0716 e. The summed E-state index contributed by atoms with van der Waals surface area (Å²) in [4.78, 5) is 0. The van der Waals surface area contributed by atoms with Crippen LogP contribution < -0.4 is 5.73 Å². The van der Waals surface area contributed by atoms with Crippen molar-refractivity contribution in [3.05, 3.63) is 35.4 Å². The Balaban J connectivity index is 2.39. The van der Waals surface area contributed by atoms with E-state index < -0.39 is 0 Å². The minimum Gasteiger partial charge on any atom is -0.377 e. The molecule has 0 aromatic heterocycles. The van der Waals surface area contributed by atoms with Crippen molar-refractivity contribution in [1.29, 1.82) is 0 Å². The van der Waals surface area contributed by atoms with Crippen LogP contribution in [0.4, 0.5) is 0 Å². The molecule has 1 unspecified atom stereocenters. The third-order valence-electron chi connectivity index (χ3n) is 2.92. The van der Waals surface area contributed by atoms with Gasteiger partial charge in [0.05, 0.1) is 6.61 Å². The molecule has 0 heterocycles. The molecule has 16 heavy (non-hydrogen) atoms. The maximum absolute atomic E-state index is 5.51. The van der Waals surface area contributed by atoms with Crippen molar-refractivity contribution in [2.45, 2.75) is 39.2 Å². The van der Waals surface area contributed by atoms with Crippen molar-refractivity contribution in [3.63, 3.8) is 0 Å². The first-order valence-corrected chi connectivity index (χ1v) is 6.14. The Labute approximate surface area is 98.8 Å². The minimum absolute atomic E-state index is 0.646. The second-order valence-electron chi connectivity index (χ2n) is 4.25. The first-order chi connectivity index (χ1) is 7.77. The highest BCUT2D eigenvalue weighted by molar-refractivity contribution is 5.24. The summed E-state index contributed by atoms with van der Waals surface area (Å²) < 4.78 is 5.51. The van der Waals surface area contributed by atoms with Gasteiger partial charge in [-0.15, -0.1) is 0 Å². The van der Waals surface area contributed by atoms with Crippen molar-refractivity contribution in [1.82, 2.24) is 0 Å². The average Bonchev–Trinajstić information content (AvgIpc) is 2.34. The summed E-state index contributed by atoms with van der Waals surface area (Å²) in [7, 11) is 0. The second kappa shape index (κ2) is 7.42. The number of nitrogens with two attached hydrogens (primary N) is 1. The number of hydrogen-bond acceptors (Lipinski definition) is 2. The molecule has 0 amide bonds. The fraction of sp³-hybridized carbons (Fsp3) is 0.571. The molecule has 2 heteroatoms. The summed E-state index contributed by atoms with van der Waals surface area (Å²) in [5.41, 5.74) is 8.05. The summed E-state index contributed by atoms with van der Waals surface area (Å²) in [6, 6.07) is 8.72. The van der Waals surface area contributed by atoms with Gasteiger partial charge in [0.15, 0.2) is 0 Å². The number of ether oxygens (including phenoxy) is 1. The minimum atomic E-state index is 0.646. The lowest BCUT2D eigenvalue weighted by molar-refractivity contribution is 0.120. The molecule has 1 rings (SSSR count). The Morgan fingerprint density at radius 2 is 1.94 bits per heavy atom. The van der Waals surface area contributed by atoms with Gasteiger partial charge in [-0.3, -0.25) is 0 Å².